The standard InChI is InChI=1S/C10H16N2O5S2/c1-8(13)7-12-19(16,17)10-5-3-9(4-6-10)18(14,15)11-2/h3-6,8,11-13H,7H2,1-2H3. The van der Waals surface area contributed by atoms with Gasteiger partial charge in [0, 0.05) is 6.54 Å². The van der Waals surface area contributed by atoms with Crippen LogP contribution in [0.5, 0.6) is 0 Å². The molecule has 1 atom stereocenters. The average Bonchev–Trinajstić information content (AvgIpc) is 2.37. The van der Waals surface area contributed by atoms with E-state index in [2.05, 4.69) is 9.44 Å². The topological polar surface area (TPSA) is 113 Å². The Bertz CT molecular complexity index is 620. The number of hydrogen-bond donors (Lipinski definition) is 3. The first kappa shape index (κ1) is 16.1. The van der Waals surface area contributed by atoms with Crippen LogP contribution in [0.25, 0.3) is 0 Å². The maximum absolute atomic E-state index is 11.8. The fourth-order valence-corrected chi connectivity index (χ4v) is 3.08. The lowest BCUT2D eigenvalue weighted by molar-refractivity contribution is 0.198. The number of aliphatic hydroxyl groups is 1. The maximum Gasteiger partial charge on any atom is 0.240 e. The van der Waals surface area contributed by atoms with Crippen molar-refractivity contribution in [1.82, 2.24) is 9.44 Å². The van der Waals surface area contributed by atoms with Crippen molar-refractivity contribution in [3.05, 3.63) is 24.3 Å². The van der Waals surface area contributed by atoms with Crippen LogP contribution in [0.4, 0.5) is 0 Å². The number of rotatable bonds is 6. The van der Waals surface area contributed by atoms with Crippen molar-refractivity contribution in [2.75, 3.05) is 13.6 Å². The lowest BCUT2D eigenvalue weighted by Gasteiger charge is -2.09. The van der Waals surface area contributed by atoms with Gasteiger partial charge in [-0.3, -0.25) is 0 Å². The molecule has 0 spiro atoms. The molecule has 1 aromatic carbocycles. The van der Waals surface area contributed by atoms with E-state index < -0.39 is 26.2 Å². The van der Waals surface area contributed by atoms with E-state index >= 15 is 0 Å². The predicted molar refractivity (Wildman–Crippen MR) is 69.6 cm³/mol. The molecule has 0 amide bonds. The molecular formula is C10H16N2O5S2. The molecule has 3 N–H and O–H groups in total. The van der Waals surface area contributed by atoms with Gasteiger partial charge in [-0.15, -0.1) is 0 Å². The minimum atomic E-state index is -3.75. The van der Waals surface area contributed by atoms with Crippen LogP contribution < -0.4 is 9.44 Å². The average molecular weight is 308 g/mol. The van der Waals surface area contributed by atoms with Crippen LogP contribution in [0.3, 0.4) is 0 Å². The third-order valence-corrected chi connectivity index (χ3v) is 5.15. The Labute approximate surface area is 112 Å². The SMILES string of the molecule is CNS(=O)(=O)c1ccc(S(=O)(=O)NCC(C)O)cc1. The molecule has 0 saturated heterocycles. The van der Waals surface area contributed by atoms with Gasteiger partial charge in [0.25, 0.3) is 0 Å². The van der Waals surface area contributed by atoms with E-state index in [-0.39, 0.29) is 16.3 Å². The second kappa shape index (κ2) is 5.97. The predicted octanol–water partition coefficient (Wildman–Crippen LogP) is -0.746. The third kappa shape index (κ3) is 4.25. The molecule has 0 aliphatic rings. The normalized spacial score (nSPS) is 14.3. The van der Waals surface area contributed by atoms with Gasteiger partial charge < -0.3 is 5.11 Å². The highest BCUT2D eigenvalue weighted by Crippen LogP contribution is 2.13. The maximum atomic E-state index is 11.8. The molecule has 0 aliphatic carbocycles. The Morgan fingerprint density at radius 2 is 1.47 bits per heavy atom. The summed E-state index contributed by atoms with van der Waals surface area (Å²) in [7, 11) is -6.07. The lowest BCUT2D eigenvalue weighted by atomic mass is 10.4. The van der Waals surface area contributed by atoms with Crippen LogP contribution in [-0.2, 0) is 20.0 Å². The van der Waals surface area contributed by atoms with Crippen LogP contribution >= 0.6 is 0 Å². The largest absolute Gasteiger partial charge is 0.392 e. The highest BCUT2D eigenvalue weighted by molar-refractivity contribution is 7.90. The highest BCUT2D eigenvalue weighted by Gasteiger charge is 2.17. The summed E-state index contributed by atoms with van der Waals surface area (Å²) in [6.07, 6.45) is -0.807. The Kier molecular flexibility index (Phi) is 5.04. The van der Waals surface area contributed by atoms with Crippen molar-refractivity contribution in [2.24, 2.45) is 0 Å². The molecule has 9 heteroatoms. The summed E-state index contributed by atoms with van der Waals surface area (Å²) in [6, 6.07) is 4.77. The monoisotopic (exact) mass is 308 g/mol. The number of hydrogen-bond acceptors (Lipinski definition) is 5. The van der Waals surface area contributed by atoms with Crippen LogP contribution in [0.15, 0.2) is 34.1 Å². The third-order valence-electron chi connectivity index (χ3n) is 2.28. The van der Waals surface area contributed by atoms with Crippen molar-refractivity contribution in [3.63, 3.8) is 0 Å². The van der Waals surface area contributed by atoms with E-state index in [0.717, 1.165) is 0 Å². The van der Waals surface area contributed by atoms with E-state index in [1.165, 1.54) is 38.2 Å². The van der Waals surface area contributed by atoms with Crippen molar-refractivity contribution in [2.45, 2.75) is 22.8 Å². The van der Waals surface area contributed by atoms with Crippen molar-refractivity contribution in [1.29, 1.82) is 0 Å². The van der Waals surface area contributed by atoms with E-state index in [0.29, 0.717) is 0 Å². The fraction of sp³-hybridized carbons (Fsp3) is 0.400. The van der Waals surface area contributed by atoms with E-state index in [4.69, 9.17) is 5.11 Å². The summed E-state index contributed by atoms with van der Waals surface area (Å²) in [5.41, 5.74) is 0. The summed E-state index contributed by atoms with van der Waals surface area (Å²) in [4.78, 5) is -0.0901. The Hall–Kier alpha value is -1.00. The molecule has 7 nitrogen and oxygen atoms in total. The fourth-order valence-electron chi connectivity index (χ4n) is 1.23. The van der Waals surface area contributed by atoms with Crippen LogP contribution in [0.1, 0.15) is 6.92 Å². The molecule has 0 bridgehead atoms. The molecule has 0 saturated carbocycles. The first-order valence-electron chi connectivity index (χ1n) is 5.40. The van der Waals surface area contributed by atoms with Gasteiger partial charge in [-0.05, 0) is 38.2 Å². The van der Waals surface area contributed by atoms with E-state index in [9.17, 15) is 16.8 Å². The first-order chi connectivity index (χ1) is 8.69. The second-order valence-electron chi connectivity index (χ2n) is 3.88. The summed E-state index contributed by atoms with van der Waals surface area (Å²) in [5, 5.41) is 9.03. The number of nitrogens with one attached hydrogen (secondary N) is 2. The number of sulfonamides is 2. The van der Waals surface area contributed by atoms with Crippen LogP contribution in [-0.4, -0.2) is 41.6 Å². The van der Waals surface area contributed by atoms with Gasteiger partial charge >= 0.3 is 0 Å². The molecule has 19 heavy (non-hydrogen) atoms. The van der Waals surface area contributed by atoms with Gasteiger partial charge in [0.1, 0.15) is 0 Å². The smallest absolute Gasteiger partial charge is 0.240 e. The van der Waals surface area contributed by atoms with E-state index in [1.54, 1.807) is 0 Å². The molecule has 1 unspecified atom stereocenters. The van der Waals surface area contributed by atoms with Crippen LogP contribution in [0.2, 0.25) is 0 Å². The molecule has 0 aliphatic heterocycles. The van der Waals surface area contributed by atoms with Crippen molar-refractivity contribution in [3.8, 4) is 0 Å². The lowest BCUT2D eigenvalue weighted by Crippen LogP contribution is -2.30. The Balaban J connectivity index is 2.99. The molecular weight excluding hydrogens is 292 g/mol. The van der Waals surface area contributed by atoms with E-state index in [1.807, 2.05) is 0 Å². The van der Waals surface area contributed by atoms with Crippen molar-refractivity contribution >= 4 is 20.0 Å². The van der Waals surface area contributed by atoms with Gasteiger partial charge in [0.2, 0.25) is 20.0 Å². The zero-order valence-corrected chi connectivity index (χ0v) is 12.1. The molecule has 0 fully saturated rings. The van der Waals surface area contributed by atoms with Gasteiger partial charge in [0.15, 0.2) is 0 Å². The molecule has 1 rings (SSSR count). The minimum absolute atomic E-state index is 0.0236. The molecule has 108 valence electrons. The van der Waals surface area contributed by atoms with Gasteiger partial charge in [-0.2, -0.15) is 0 Å². The Morgan fingerprint density at radius 1 is 1.05 bits per heavy atom. The molecule has 1 aromatic rings. The van der Waals surface area contributed by atoms with Crippen LogP contribution in [0, 0.1) is 0 Å². The first-order valence-corrected chi connectivity index (χ1v) is 8.37. The molecule has 0 heterocycles. The van der Waals surface area contributed by atoms with Gasteiger partial charge in [0.05, 0.1) is 15.9 Å². The summed E-state index contributed by atoms with van der Waals surface area (Å²) in [5.74, 6) is 0. The van der Waals surface area contributed by atoms with Gasteiger partial charge in [-0.1, -0.05) is 0 Å². The van der Waals surface area contributed by atoms with Gasteiger partial charge in [-0.25, -0.2) is 26.3 Å². The summed E-state index contributed by atoms with van der Waals surface area (Å²) >= 11 is 0. The highest BCUT2D eigenvalue weighted by atomic mass is 32.2. The Morgan fingerprint density at radius 3 is 1.84 bits per heavy atom. The second-order valence-corrected chi connectivity index (χ2v) is 7.53. The number of benzene rings is 1. The summed E-state index contributed by atoms with van der Waals surface area (Å²) in [6.45, 7) is 1.34. The zero-order chi connectivity index (χ0) is 14.7. The minimum Gasteiger partial charge on any atom is -0.392 e. The quantitative estimate of drug-likeness (QED) is 0.640. The van der Waals surface area contributed by atoms with Crippen molar-refractivity contribution < 1.29 is 21.9 Å². The molecule has 0 radical (unpaired) electrons. The summed E-state index contributed by atoms with van der Waals surface area (Å²) < 4.78 is 50.8. The molecule has 0 aromatic heterocycles. The number of aliphatic hydroxyl groups excluding tert-OH is 1. The zero-order valence-electron chi connectivity index (χ0n) is 10.5.